The average molecular weight is 296 g/mol. The molecule has 2 aromatic rings. The fraction of sp³-hybridized carbons (Fsp3) is 0.400. The number of halogens is 2. The summed E-state index contributed by atoms with van der Waals surface area (Å²) in [6.45, 7) is 6.31. The normalized spacial score (nSPS) is 11.9. The van der Waals surface area contributed by atoms with Gasteiger partial charge in [-0.1, -0.05) is 32.4 Å². The van der Waals surface area contributed by atoms with Gasteiger partial charge in [0.1, 0.15) is 11.6 Å². The van der Waals surface area contributed by atoms with E-state index < -0.39 is 0 Å². The number of anilines is 1. The van der Waals surface area contributed by atoms with E-state index in [0.717, 1.165) is 23.2 Å². The fourth-order valence-electron chi connectivity index (χ4n) is 2.14. The van der Waals surface area contributed by atoms with Crippen molar-refractivity contribution < 1.29 is 4.39 Å². The van der Waals surface area contributed by atoms with E-state index in [1.807, 2.05) is 0 Å². The molecule has 0 radical (unpaired) electrons. The van der Waals surface area contributed by atoms with E-state index in [2.05, 4.69) is 25.9 Å². The van der Waals surface area contributed by atoms with Crippen LogP contribution in [0.5, 0.6) is 0 Å². The molecule has 0 bridgehead atoms. The van der Waals surface area contributed by atoms with Crippen LogP contribution in [0, 0.1) is 5.82 Å². The third kappa shape index (κ3) is 2.40. The predicted molar refractivity (Wildman–Crippen MR) is 81.3 cm³/mol. The van der Waals surface area contributed by atoms with E-state index in [1.54, 1.807) is 17.8 Å². The molecule has 2 N–H and O–H groups in total. The number of nitrogens with zero attached hydrogens (tertiary/aromatic N) is 2. The Kier molecular flexibility index (Phi) is 3.78. The molecular weight excluding hydrogens is 277 g/mol. The Bertz CT molecular complexity index is 647. The van der Waals surface area contributed by atoms with Gasteiger partial charge in [-0.3, -0.25) is 4.68 Å². The molecule has 0 saturated heterocycles. The molecule has 0 aliphatic carbocycles. The van der Waals surface area contributed by atoms with E-state index >= 15 is 0 Å². The average Bonchev–Trinajstić information content (AvgIpc) is 2.67. The first-order valence-electron chi connectivity index (χ1n) is 6.56. The molecule has 0 amide bonds. The lowest BCUT2D eigenvalue weighted by Gasteiger charge is -2.22. The molecule has 3 nitrogen and oxygen atoms in total. The molecule has 108 valence electrons. The van der Waals surface area contributed by atoms with E-state index in [4.69, 9.17) is 17.3 Å². The molecule has 20 heavy (non-hydrogen) atoms. The second kappa shape index (κ2) is 5.09. The quantitative estimate of drug-likeness (QED) is 0.924. The first-order valence-corrected chi connectivity index (χ1v) is 6.94. The third-order valence-corrected chi connectivity index (χ3v) is 4.13. The van der Waals surface area contributed by atoms with Crippen LogP contribution in [-0.4, -0.2) is 9.78 Å². The molecular formula is C15H19ClFN3. The second-order valence-corrected chi connectivity index (χ2v) is 6.00. The minimum atomic E-state index is -0.363. The standard InChI is InChI=1S/C15H19ClFN3/c1-5-15(2,3)13-12(14(18)20(4)19-13)10-7-6-9(17)8-11(10)16/h6-8H,5,18H2,1-4H3. The van der Waals surface area contributed by atoms with Crippen molar-refractivity contribution in [3.8, 4) is 11.1 Å². The van der Waals surface area contributed by atoms with Gasteiger partial charge in [0.15, 0.2) is 0 Å². The number of aromatic nitrogens is 2. The van der Waals surface area contributed by atoms with Gasteiger partial charge in [-0.15, -0.1) is 0 Å². The zero-order valence-corrected chi connectivity index (χ0v) is 12.9. The second-order valence-electron chi connectivity index (χ2n) is 5.59. The summed E-state index contributed by atoms with van der Waals surface area (Å²) < 4.78 is 14.9. The zero-order chi connectivity index (χ0) is 15.1. The Morgan fingerprint density at radius 3 is 2.60 bits per heavy atom. The Hall–Kier alpha value is -1.55. The SMILES string of the molecule is CCC(C)(C)c1nn(C)c(N)c1-c1ccc(F)cc1Cl. The maximum atomic E-state index is 13.2. The number of hydrogen-bond donors (Lipinski definition) is 1. The van der Waals surface area contributed by atoms with Crippen LogP contribution in [0.2, 0.25) is 5.02 Å². The van der Waals surface area contributed by atoms with Crippen molar-refractivity contribution in [3.05, 3.63) is 34.7 Å². The van der Waals surface area contributed by atoms with E-state index in [9.17, 15) is 4.39 Å². The van der Waals surface area contributed by atoms with Crippen LogP contribution in [0.15, 0.2) is 18.2 Å². The van der Waals surface area contributed by atoms with Crippen molar-refractivity contribution in [3.63, 3.8) is 0 Å². The van der Waals surface area contributed by atoms with Crippen molar-refractivity contribution in [1.29, 1.82) is 0 Å². The lowest BCUT2D eigenvalue weighted by atomic mass is 9.83. The molecule has 1 aromatic heterocycles. The van der Waals surface area contributed by atoms with Crippen LogP contribution in [-0.2, 0) is 12.5 Å². The van der Waals surface area contributed by atoms with Crippen LogP contribution in [0.25, 0.3) is 11.1 Å². The Balaban J connectivity index is 2.73. The molecule has 0 atom stereocenters. The van der Waals surface area contributed by atoms with Gasteiger partial charge in [0.05, 0.1) is 10.7 Å². The molecule has 1 aromatic carbocycles. The van der Waals surface area contributed by atoms with Gasteiger partial charge < -0.3 is 5.73 Å². The van der Waals surface area contributed by atoms with Crippen molar-refractivity contribution in [2.45, 2.75) is 32.6 Å². The van der Waals surface area contributed by atoms with Gasteiger partial charge in [-0.2, -0.15) is 5.10 Å². The van der Waals surface area contributed by atoms with Gasteiger partial charge in [0, 0.05) is 23.6 Å². The summed E-state index contributed by atoms with van der Waals surface area (Å²) >= 11 is 6.18. The maximum absolute atomic E-state index is 13.2. The van der Waals surface area contributed by atoms with Gasteiger partial charge in [0.25, 0.3) is 0 Å². The van der Waals surface area contributed by atoms with Crippen LogP contribution in [0.1, 0.15) is 32.9 Å². The highest BCUT2D eigenvalue weighted by atomic mass is 35.5. The van der Waals surface area contributed by atoms with Crippen LogP contribution in [0.3, 0.4) is 0 Å². The summed E-state index contributed by atoms with van der Waals surface area (Å²) in [5.41, 5.74) is 8.40. The summed E-state index contributed by atoms with van der Waals surface area (Å²) in [6.07, 6.45) is 0.912. The fourth-order valence-corrected chi connectivity index (χ4v) is 2.40. The van der Waals surface area contributed by atoms with Gasteiger partial charge in [0.2, 0.25) is 0 Å². The molecule has 0 spiro atoms. The highest BCUT2D eigenvalue weighted by Gasteiger charge is 2.29. The number of aryl methyl sites for hydroxylation is 1. The molecule has 1 heterocycles. The van der Waals surface area contributed by atoms with Crippen molar-refractivity contribution in [1.82, 2.24) is 9.78 Å². The van der Waals surface area contributed by atoms with Crippen LogP contribution >= 0.6 is 11.6 Å². The van der Waals surface area contributed by atoms with E-state index in [1.165, 1.54) is 12.1 Å². The zero-order valence-electron chi connectivity index (χ0n) is 12.2. The molecule has 0 aliphatic rings. The van der Waals surface area contributed by atoms with E-state index in [-0.39, 0.29) is 11.2 Å². The van der Waals surface area contributed by atoms with Crippen LogP contribution < -0.4 is 5.73 Å². The topological polar surface area (TPSA) is 43.8 Å². The first kappa shape index (κ1) is 14.9. The van der Waals surface area contributed by atoms with Crippen LogP contribution in [0.4, 0.5) is 10.2 Å². The summed E-state index contributed by atoms with van der Waals surface area (Å²) in [7, 11) is 1.80. The van der Waals surface area contributed by atoms with Gasteiger partial charge in [-0.25, -0.2) is 4.39 Å². The third-order valence-electron chi connectivity index (χ3n) is 3.82. The van der Waals surface area contributed by atoms with Crippen molar-refractivity contribution in [2.24, 2.45) is 7.05 Å². The Labute approximate surface area is 123 Å². The first-order chi connectivity index (χ1) is 9.27. The monoisotopic (exact) mass is 295 g/mol. The summed E-state index contributed by atoms with van der Waals surface area (Å²) in [5.74, 6) is 0.174. The molecule has 5 heteroatoms. The highest BCUT2D eigenvalue weighted by molar-refractivity contribution is 6.33. The number of benzene rings is 1. The summed E-state index contributed by atoms with van der Waals surface area (Å²) in [5, 5.41) is 4.88. The summed E-state index contributed by atoms with van der Waals surface area (Å²) in [6, 6.07) is 4.34. The highest BCUT2D eigenvalue weighted by Crippen LogP contribution is 2.40. The Morgan fingerprint density at radius 1 is 1.40 bits per heavy atom. The predicted octanol–water partition coefficient (Wildman–Crippen LogP) is 4.15. The minimum absolute atomic E-state index is 0.136. The minimum Gasteiger partial charge on any atom is -0.383 e. The Morgan fingerprint density at radius 2 is 2.05 bits per heavy atom. The maximum Gasteiger partial charge on any atom is 0.129 e. The van der Waals surface area contributed by atoms with E-state index in [0.29, 0.717) is 10.8 Å². The molecule has 0 aliphatic heterocycles. The number of nitrogens with two attached hydrogens (primary N) is 1. The number of nitrogen functional groups attached to an aromatic ring is 1. The molecule has 0 saturated carbocycles. The van der Waals surface area contributed by atoms with Gasteiger partial charge >= 0.3 is 0 Å². The van der Waals surface area contributed by atoms with Gasteiger partial charge in [-0.05, 0) is 24.6 Å². The summed E-state index contributed by atoms with van der Waals surface area (Å²) in [4.78, 5) is 0. The molecule has 0 fully saturated rings. The number of hydrogen-bond acceptors (Lipinski definition) is 2. The largest absolute Gasteiger partial charge is 0.383 e. The smallest absolute Gasteiger partial charge is 0.129 e. The lowest BCUT2D eigenvalue weighted by molar-refractivity contribution is 0.483. The molecule has 0 unspecified atom stereocenters. The van der Waals surface area contributed by atoms with Crippen molar-refractivity contribution in [2.75, 3.05) is 5.73 Å². The number of rotatable bonds is 3. The lowest BCUT2D eigenvalue weighted by Crippen LogP contribution is -2.17. The molecule has 2 rings (SSSR count). The van der Waals surface area contributed by atoms with Crippen molar-refractivity contribution >= 4 is 17.4 Å².